The molecule has 0 aliphatic carbocycles. The van der Waals surface area contributed by atoms with Gasteiger partial charge in [0.2, 0.25) is 11.0 Å². The number of anilines is 1. The van der Waals surface area contributed by atoms with Crippen molar-refractivity contribution in [3.05, 3.63) is 6.33 Å². The molecule has 1 N–H and O–H groups in total. The Bertz CT molecular complexity index is 282. The molecule has 0 spiro atoms. The van der Waals surface area contributed by atoms with Gasteiger partial charge in [-0.25, -0.2) is 4.98 Å². The molecule has 1 amide bonds. The van der Waals surface area contributed by atoms with Crippen LogP contribution in [0, 0.1) is 5.41 Å². The highest BCUT2D eigenvalue weighted by molar-refractivity contribution is 7.09. The van der Waals surface area contributed by atoms with E-state index in [1.807, 2.05) is 20.8 Å². The van der Waals surface area contributed by atoms with Gasteiger partial charge in [0.1, 0.15) is 6.33 Å². The van der Waals surface area contributed by atoms with Gasteiger partial charge in [-0.15, -0.1) is 0 Å². The molecule has 13 heavy (non-hydrogen) atoms. The van der Waals surface area contributed by atoms with Crippen molar-refractivity contribution in [3.63, 3.8) is 0 Å². The van der Waals surface area contributed by atoms with Crippen LogP contribution in [0.4, 0.5) is 5.13 Å². The Balaban J connectivity index is 2.61. The molecule has 0 aliphatic heterocycles. The summed E-state index contributed by atoms with van der Waals surface area (Å²) in [6, 6.07) is 0. The van der Waals surface area contributed by atoms with Crippen molar-refractivity contribution >= 4 is 22.6 Å². The summed E-state index contributed by atoms with van der Waals surface area (Å²) in [6.45, 7) is 5.80. The Hall–Kier alpha value is -0.970. The number of carbonyl (C=O) groups is 1. The zero-order valence-electron chi connectivity index (χ0n) is 8.00. The molecule has 1 aromatic rings. The topological polar surface area (TPSA) is 54.9 Å². The van der Waals surface area contributed by atoms with Crippen LogP contribution in [-0.4, -0.2) is 15.3 Å². The van der Waals surface area contributed by atoms with Gasteiger partial charge in [-0.3, -0.25) is 4.79 Å². The van der Waals surface area contributed by atoms with E-state index in [1.54, 1.807) is 0 Å². The van der Waals surface area contributed by atoms with Gasteiger partial charge < -0.3 is 5.32 Å². The first-order valence-corrected chi connectivity index (χ1v) is 4.91. The second kappa shape index (κ2) is 3.83. The first kappa shape index (κ1) is 10.1. The van der Waals surface area contributed by atoms with Crippen molar-refractivity contribution in [1.29, 1.82) is 0 Å². The largest absolute Gasteiger partial charge is 0.300 e. The third kappa shape index (κ3) is 2.48. The van der Waals surface area contributed by atoms with Crippen LogP contribution in [0.5, 0.6) is 0 Å². The van der Waals surface area contributed by atoms with E-state index in [0.29, 0.717) is 5.13 Å². The van der Waals surface area contributed by atoms with E-state index in [-0.39, 0.29) is 11.3 Å². The van der Waals surface area contributed by atoms with E-state index < -0.39 is 0 Å². The molecule has 5 heteroatoms. The molecule has 0 bridgehead atoms. The molecule has 1 aromatic heterocycles. The predicted molar refractivity (Wildman–Crippen MR) is 52.6 cm³/mol. The molecule has 4 nitrogen and oxygen atoms in total. The fourth-order valence-electron chi connectivity index (χ4n) is 0.655. The van der Waals surface area contributed by atoms with Crippen molar-refractivity contribution in [2.75, 3.05) is 5.32 Å². The van der Waals surface area contributed by atoms with Gasteiger partial charge in [0.25, 0.3) is 0 Å². The molecule has 0 saturated heterocycles. The van der Waals surface area contributed by atoms with Gasteiger partial charge in [-0.05, 0) is 6.42 Å². The summed E-state index contributed by atoms with van der Waals surface area (Å²) in [5.74, 6) is -0.00764. The van der Waals surface area contributed by atoms with Crippen LogP contribution in [0.15, 0.2) is 6.33 Å². The number of hydrogen-bond acceptors (Lipinski definition) is 4. The molecule has 0 unspecified atom stereocenters. The molecular formula is C8H13N3OS. The van der Waals surface area contributed by atoms with E-state index in [0.717, 1.165) is 6.42 Å². The molecule has 0 fully saturated rings. The number of carbonyl (C=O) groups excluding carboxylic acids is 1. The van der Waals surface area contributed by atoms with Gasteiger partial charge >= 0.3 is 0 Å². The minimum atomic E-state index is -0.342. The molecule has 0 aliphatic rings. The normalized spacial score (nSPS) is 11.3. The van der Waals surface area contributed by atoms with E-state index in [4.69, 9.17) is 0 Å². The average molecular weight is 199 g/mol. The standard InChI is InChI=1S/C8H13N3OS/c1-4-8(2,3)6(12)11-7-9-5-10-13-7/h5H,4H2,1-3H3,(H,9,10,11,12). The summed E-state index contributed by atoms with van der Waals surface area (Å²) in [7, 11) is 0. The Kier molecular flexibility index (Phi) is 2.98. The molecule has 0 aromatic carbocycles. The van der Waals surface area contributed by atoms with Crippen LogP contribution in [-0.2, 0) is 4.79 Å². The number of nitrogens with zero attached hydrogens (tertiary/aromatic N) is 2. The second-order valence-electron chi connectivity index (χ2n) is 3.44. The van der Waals surface area contributed by atoms with Gasteiger partial charge in [0.05, 0.1) is 0 Å². The summed E-state index contributed by atoms with van der Waals surface area (Å²) in [6.07, 6.45) is 2.23. The van der Waals surface area contributed by atoms with E-state index in [2.05, 4.69) is 14.7 Å². The van der Waals surface area contributed by atoms with Crippen molar-refractivity contribution in [1.82, 2.24) is 9.36 Å². The smallest absolute Gasteiger partial charge is 0.231 e. The lowest BCUT2D eigenvalue weighted by Gasteiger charge is -2.19. The number of rotatable bonds is 3. The highest BCUT2D eigenvalue weighted by atomic mass is 32.1. The van der Waals surface area contributed by atoms with Crippen LogP contribution in [0.25, 0.3) is 0 Å². The van der Waals surface area contributed by atoms with Gasteiger partial charge in [0.15, 0.2) is 0 Å². The maximum atomic E-state index is 11.6. The van der Waals surface area contributed by atoms with Gasteiger partial charge in [0, 0.05) is 16.9 Å². The van der Waals surface area contributed by atoms with E-state index in [9.17, 15) is 4.79 Å². The van der Waals surface area contributed by atoms with Crippen LogP contribution < -0.4 is 5.32 Å². The number of amides is 1. The quantitative estimate of drug-likeness (QED) is 0.809. The maximum Gasteiger partial charge on any atom is 0.231 e. The Morgan fingerprint density at radius 1 is 1.69 bits per heavy atom. The lowest BCUT2D eigenvalue weighted by Crippen LogP contribution is -2.29. The number of nitrogens with one attached hydrogen (secondary N) is 1. The molecule has 0 radical (unpaired) electrons. The Morgan fingerprint density at radius 3 is 2.85 bits per heavy atom. The van der Waals surface area contributed by atoms with Crippen LogP contribution in [0.3, 0.4) is 0 Å². The lowest BCUT2D eigenvalue weighted by atomic mass is 9.89. The van der Waals surface area contributed by atoms with Crippen LogP contribution in [0.1, 0.15) is 27.2 Å². The van der Waals surface area contributed by atoms with E-state index in [1.165, 1.54) is 17.9 Å². The molecule has 1 heterocycles. The average Bonchev–Trinajstić information content (AvgIpc) is 2.57. The third-order valence-corrected chi connectivity index (χ3v) is 2.66. The zero-order chi connectivity index (χ0) is 9.90. The van der Waals surface area contributed by atoms with Crippen molar-refractivity contribution in [2.24, 2.45) is 5.41 Å². The Morgan fingerprint density at radius 2 is 2.38 bits per heavy atom. The van der Waals surface area contributed by atoms with Gasteiger partial charge in [-0.1, -0.05) is 20.8 Å². The summed E-state index contributed by atoms with van der Waals surface area (Å²) < 4.78 is 3.80. The van der Waals surface area contributed by atoms with E-state index >= 15 is 0 Å². The lowest BCUT2D eigenvalue weighted by molar-refractivity contribution is -0.124. The number of aromatic nitrogens is 2. The van der Waals surface area contributed by atoms with Crippen molar-refractivity contribution < 1.29 is 4.79 Å². The molecule has 0 atom stereocenters. The van der Waals surface area contributed by atoms with Gasteiger partial charge in [-0.2, -0.15) is 4.37 Å². The van der Waals surface area contributed by atoms with Crippen LogP contribution >= 0.6 is 11.5 Å². The highest BCUT2D eigenvalue weighted by Gasteiger charge is 2.25. The molecule has 72 valence electrons. The van der Waals surface area contributed by atoms with Crippen molar-refractivity contribution in [2.45, 2.75) is 27.2 Å². The fraction of sp³-hybridized carbons (Fsp3) is 0.625. The first-order valence-electron chi connectivity index (χ1n) is 4.14. The first-order chi connectivity index (χ1) is 6.06. The Labute approximate surface area is 81.6 Å². The monoisotopic (exact) mass is 199 g/mol. The highest BCUT2D eigenvalue weighted by Crippen LogP contribution is 2.22. The minimum Gasteiger partial charge on any atom is -0.300 e. The summed E-state index contributed by atoms with van der Waals surface area (Å²) in [5, 5.41) is 3.28. The van der Waals surface area contributed by atoms with Crippen LogP contribution in [0.2, 0.25) is 0 Å². The molecule has 0 saturated carbocycles. The zero-order valence-corrected chi connectivity index (χ0v) is 8.81. The third-order valence-electron chi connectivity index (χ3n) is 2.08. The predicted octanol–water partition coefficient (Wildman–Crippen LogP) is 1.91. The number of hydrogen-bond donors (Lipinski definition) is 1. The summed E-state index contributed by atoms with van der Waals surface area (Å²) in [5.41, 5.74) is -0.342. The summed E-state index contributed by atoms with van der Waals surface area (Å²) >= 11 is 1.18. The second-order valence-corrected chi connectivity index (χ2v) is 4.22. The SMILES string of the molecule is CCC(C)(C)C(=O)Nc1ncns1. The fourth-order valence-corrected chi connectivity index (χ4v) is 1.08. The van der Waals surface area contributed by atoms with Crippen molar-refractivity contribution in [3.8, 4) is 0 Å². The molecule has 1 rings (SSSR count). The maximum absolute atomic E-state index is 11.6. The minimum absolute atomic E-state index is 0.00764. The molecular weight excluding hydrogens is 186 g/mol. The summed E-state index contributed by atoms with van der Waals surface area (Å²) in [4.78, 5) is 15.5.